The monoisotopic (exact) mass is 290 g/mol. The summed E-state index contributed by atoms with van der Waals surface area (Å²) in [4.78, 5) is 0. The molecule has 1 aromatic carbocycles. The maximum Gasteiger partial charge on any atom is 0.164 e. The summed E-state index contributed by atoms with van der Waals surface area (Å²) in [7, 11) is 1.63. The van der Waals surface area contributed by atoms with Gasteiger partial charge in [0.2, 0.25) is 0 Å². The Morgan fingerprint density at radius 3 is 2.81 bits per heavy atom. The third-order valence-corrected chi connectivity index (χ3v) is 3.33. The molecule has 0 saturated carbocycles. The van der Waals surface area contributed by atoms with Gasteiger partial charge in [-0.1, -0.05) is 24.2 Å². The number of methoxy groups -OCH3 is 1. The Morgan fingerprint density at radius 2 is 2.19 bits per heavy atom. The van der Waals surface area contributed by atoms with Crippen LogP contribution in [0.2, 0.25) is 0 Å². The van der Waals surface area contributed by atoms with Crippen molar-refractivity contribution in [1.82, 2.24) is 5.16 Å². The first kappa shape index (κ1) is 15.4. The van der Waals surface area contributed by atoms with E-state index in [1.165, 1.54) is 0 Å². The molecule has 1 atom stereocenters. The summed E-state index contributed by atoms with van der Waals surface area (Å²) in [6.45, 7) is 4.26. The van der Waals surface area contributed by atoms with Crippen molar-refractivity contribution in [2.75, 3.05) is 7.11 Å². The topological polar surface area (TPSA) is 70.5 Å². The fourth-order valence-corrected chi connectivity index (χ4v) is 2.11. The van der Waals surface area contributed by atoms with Gasteiger partial charge in [0, 0.05) is 12.1 Å². The Labute approximate surface area is 125 Å². The van der Waals surface area contributed by atoms with Crippen molar-refractivity contribution in [2.24, 2.45) is 5.73 Å². The molecule has 1 heterocycles. The zero-order valence-corrected chi connectivity index (χ0v) is 12.8. The van der Waals surface area contributed by atoms with Crippen LogP contribution in [-0.4, -0.2) is 18.3 Å². The van der Waals surface area contributed by atoms with Gasteiger partial charge in [-0.15, -0.1) is 0 Å². The molecule has 2 N–H and O–H groups in total. The van der Waals surface area contributed by atoms with Gasteiger partial charge in [-0.05, 0) is 31.4 Å². The van der Waals surface area contributed by atoms with Gasteiger partial charge < -0.3 is 19.7 Å². The number of nitrogens with zero attached hydrogens (tertiary/aromatic N) is 1. The van der Waals surface area contributed by atoms with E-state index in [1.54, 1.807) is 7.11 Å². The van der Waals surface area contributed by atoms with Gasteiger partial charge in [-0.25, -0.2) is 0 Å². The van der Waals surface area contributed by atoms with Gasteiger partial charge in [0.05, 0.1) is 7.11 Å². The lowest BCUT2D eigenvalue weighted by atomic mass is 10.0. The summed E-state index contributed by atoms with van der Waals surface area (Å²) >= 11 is 0. The molecular formula is C16H22N2O3. The standard InChI is InChI=1S/C16H22N2O3/c1-4-13(17)9-12-6-5-7-15(19-3)16(12)20-10-14-8-11(2)21-18-14/h5-8,13H,4,9-10,17H2,1-3H3. The summed E-state index contributed by atoms with van der Waals surface area (Å²) in [5.74, 6) is 2.20. The molecule has 1 aromatic heterocycles. The largest absolute Gasteiger partial charge is 0.493 e. The Hall–Kier alpha value is -2.01. The summed E-state index contributed by atoms with van der Waals surface area (Å²) in [6, 6.07) is 7.80. The molecule has 0 aliphatic heterocycles. The van der Waals surface area contributed by atoms with Crippen molar-refractivity contribution in [2.45, 2.75) is 39.3 Å². The number of benzene rings is 1. The van der Waals surface area contributed by atoms with Crippen LogP contribution in [0.15, 0.2) is 28.8 Å². The van der Waals surface area contributed by atoms with Crippen LogP contribution in [0.3, 0.4) is 0 Å². The van der Waals surface area contributed by atoms with Gasteiger partial charge in [0.1, 0.15) is 18.1 Å². The summed E-state index contributed by atoms with van der Waals surface area (Å²) in [6.07, 6.45) is 1.67. The second-order valence-electron chi connectivity index (χ2n) is 5.04. The van der Waals surface area contributed by atoms with E-state index in [0.29, 0.717) is 12.4 Å². The van der Waals surface area contributed by atoms with Crippen molar-refractivity contribution in [3.8, 4) is 11.5 Å². The molecular weight excluding hydrogens is 268 g/mol. The van der Waals surface area contributed by atoms with Crippen LogP contribution < -0.4 is 15.2 Å². The Balaban J connectivity index is 2.18. The van der Waals surface area contributed by atoms with E-state index in [-0.39, 0.29) is 6.04 Å². The highest BCUT2D eigenvalue weighted by molar-refractivity contribution is 5.47. The lowest BCUT2D eigenvalue weighted by Crippen LogP contribution is -2.21. The van der Waals surface area contributed by atoms with Crippen LogP contribution in [0.4, 0.5) is 0 Å². The highest BCUT2D eigenvalue weighted by Gasteiger charge is 2.14. The number of hydrogen-bond acceptors (Lipinski definition) is 5. The molecule has 0 fully saturated rings. The fourth-order valence-electron chi connectivity index (χ4n) is 2.11. The first-order valence-corrected chi connectivity index (χ1v) is 7.10. The smallest absolute Gasteiger partial charge is 0.164 e. The van der Waals surface area contributed by atoms with Gasteiger partial charge in [-0.3, -0.25) is 0 Å². The lowest BCUT2D eigenvalue weighted by Gasteiger charge is -2.16. The molecule has 0 radical (unpaired) electrons. The SMILES string of the molecule is CCC(N)Cc1cccc(OC)c1OCc1cc(C)on1. The number of aromatic nitrogens is 1. The summed E-state index contributed by atoms with van der Waals surface area (Å²) < 4.78 is 16.3. The van der Waals surface area contributed by atoms with E-state index < -0.39 is 0 Å². The molecule has 0 aliphatic carbocycles. The van der Waals surface area contributed by atoms with E-state index in [0.717, 1.165) is 35.6 Å². The minimum absolute atomic E-state index is 0.105. The van der Waals surface area contributed by atoms with E-state index in [9.17, 15) is 0 Å². The zero-order valence-electron chi connectivity index (χ0n) is 12.8. The number of aryl methyl sites for hydroxylation is 1. The second kappa shape index (κ2) is 7.13. The number of nitrogens with two attached hydrogens (primary N) is 1. The number of ether oxygens (including phenoxy) is 2. The van der Waals surface area contributed by atoms with Crippen molar-refractivity contribution in [1.29, 1.82) is 0 Å². The molecule has 2 aromatic rings. The Morgan fingerprint density at radius 1 is 1.38 bits per heavy atom. The van der Waals surface area contributed by atoms with Crippen LogP contribution in [0.1, 0.15) is 30.4 Å². The highest BCUT2D eigenvalue weighted by atomic mass is 16.5. The summed E-state index contributed by atoms with van der Waals surface area (Å²) in [5.41, 5.74) is 7.85. The third kappa shape index (κ3) is 3.98. The Bertz CT molecular complexity index is 581. The van der Waals surface area contributed by atoms with Crippen molar-refractivity contribution in [3.63, 3.8) is 0 Å². The van der Waals surface area contributed by atoms with E-state index in [1.807, 2.05) is 31.2 Å². The van der Waals surface area contributed by atoms with Crippen LogP contribution in [-0.2, 0) is 13.0 Å². The molecule has 5 heteroatoms. The maximum absolute atomic E-state index is 6.05. The van der Waals surface area contributed by atoms with Crippen molar-refractivity contribution < 1.29 is 14.0 Å². The van der Waals surface area contributed by atoms with Gasteiger partial charge in [0.15, 0.2) is 11.5 Å². The maximum atomic E-state index is 6.05. The molecule has 1 unspecified atom stereocenters. The predicted octanol–water partition coefficient (Wildman–Crippen LogP) is 2.85. The first-order valence-electron chi connectivity index (χ1n) is 7.10. The molecule has 114 valence electrons. The third-order valence-electron chi connectivity index (χ3n) is 3.33. The average Bonchev–Trinajstić information content (AvgIpc) is 2.91. The predicted molar refractivity (Wildman–Crippen MR) is 80.5 cm³/mol. The van der Waals surface area contributed by atoms with Crippen LogP contribution in [0, 0.1) is 6.92 Å². The van der Waals surface area contributed by atoms with Crippen LogP contribution in [0.25, 0.3) is 0 Å². The summed E-state index contributed by atoms with van der Waals surface area (Å²) in [5, 5.41) is 3.93. The number of hydrogen-bond donors (Lipinski definition) is 1. The molecule has 0 aliphatic rings. The van der Waals surface area contributed by atoms with Crippen molar-refractivity contribution in [3.05, 3.63) is 41.3 Å². The molecule has 0 amide bonds. The van der Waals surface area contributed by atoms with Gasteiger partial charge >= 0.3 is 0 Å². The lowest BCUT2D eigenvalue weighted by molar-refractivity contribution is 0.268. The number of rotatable bonds is 7. The van der Waals surface area contributed by atoms with Crippen molar-refractivity contribution >= 4 is 0 Å². The quantitative estimate of drug-likeness (QED) is 0.849. The minimum atomic E-state index is 0.105. The van der Waals surface area contributed by atoms with Gasteiger partial charge in [0.25, 0.3) is 0 Å². The second-order valence-corrected chi connectivity index (χ2v) is 5.04. The molecule has 2 rings (SSSR count). The average molecular weight is 290 g/mol. The van der Waals surface area contributed by atoms with Crippen LogP contribution in [0.5, 0.6) is 11.5 Å². The normalized spacial score (nSPS) is 12.2. The number of para-hydroxylation sites is 1. The molecule has 0 saturated heterocycles. The van der Waals surface area contributed by atoms with Gasteiger partial charge in [-0.2, -0.15) is 0 Å². The highest BCUT2D eigenvalue weighted by Crippen LogP contribution is 2.32. The minimum Gasteiger partial charge on any atom is -0.493 e. The first-order chi connectivity index (χ1) is 10.1. The molecule has 21 heavy (non-hydrogen) atoms. The molecule has 0 spiro atoms. The fraction of sp³-hybridized carbons (Fsp3) is 0.438. The van der Waals surface area contributed by atoms with E-state index in [2.05, 4.69) is 12.1 Å². The van der Waals surface area contributed by atoms with E-state index in [4.69, 9.17) is 19.7 Å². The Kier molecular flexibility index (Phi) is 5.22. The van der Waals surface area contributed by atoms with E-state index >= 15 is 0 Å². The zero-order chi connectivity index (χ0) is 15.2. The molecule has 5 nitrogen and oxygen atoms in total. The van der Waals surface area contributed by atoms with Crippen LogP contribution >= 0.6 is 0 Å². The molecule has 0 bridgehead atoms.